The molecule has 2 N–H and O–H groups in total. The Labute approximate surface area is 176 Å². The van der Waals surface area contributed by atoms with E-state index < -0.39 is 11.2 Å². The lowest BCUT2D eigenvalue weighted by atomic mass is 9.71. The van der Waals surface area contributed by atoms with Crippen LogP contribution >= 0.6 is 0 Å². The largest absolute Gasteiger partial charge is 0.353 e. The van der Waals surface area contributed by atoms with Gasteiger partial charge < -0.3 is 5.32 Å². The Morgan fingerprint density at radius 1 is 1.27 bits per heavy atom. The van der Waals surface area contributed by atoms with Crippen molar-refractivity contribution in [3.05, 3.63) is 56.2 Å². The molecular weight excluding hydrogens is 378 g/mol. The summed E-state index contributed by atoms with van der Waals surface area (Å²) in [6, 6.07) is 8.49. The van der Waals surface area contributed by atoms with Crippen molar-refractivity contribution in [2.75, 3.05) is 5.32 Å². The molecule has 1 aliphatic carbocycles. The Morgan fingerprint density at radius 2 is 2.03 bits per heavy atom. The van der Waals surface area contributed by atoms with Gasteiger partial charge in [0.2, 0.25) is 5.95 Å². The summed E-state index contributed by atoms with van der Waals surface area (Å²) in [5.41, 5.74) is 2.47. The molecule has 4 rings (SSSR count). The zero-order valence-electron chi connectivity index (χ0n) is 18.5. The Morgan fingerprint density at radius 3 is 2.73 bits per heavy atom. The van der Waals surface area contributed by atoms with Gasteiger partial charge in [0.15, 0.2) is 11.2 Å². The lowest BCUT2D eigenvalue weighted by molar-refractivity contribution is 0.177. The molecule has 160 valence electrons. The van der Waals surface area contributed by atoms with Crippen LogP contribution in [0.3, 0.4) is 0 Å². The van der Waals surface area contributed by atoms with Gasteiger partial charge in [-0.25, -0.2) is 4.79 Å². The molecule has 2 heterocycles. The Kier molecular flexibility index (Phi) is 5.08. The number of nitrogens with zero attached hydrogens (tertiary/aromatic N) is 3. The van der Waals surface area contributed by atoms with Gasteiger partial charge in [0.05, 0.1) is 6.54 Å². The summed E-state index contributed by atoms with van der Waals surface area (Å²) < 4.78 is 3.32. The number of aromatic amines is 1. The number of aromatic nitrogens is 4. The van der Waals surface area contributed by atoms with Crippen LogP contribution in [0.4, 0.5) is 5.95 Å². The Hall–Kier alpha value is -2.83. The fourth-order valence-electron chi connectivity index (χ4n) is 5.13. The number of rotatable bonds is 4. The summed E-state index contributed by atoms with van der Waals surface area (Å²) in [5, 5.41) is 3.62. The molecule has 2 atom stereocenters. The van der Waals surface area contributed by atoms with E-state index in [0.29, 0.717) is 29.6 Å². The van der Waals surface area contributed by atoms with E-state index in [9.17, 15) is 9.59 Å². The lowest BCUT2D eigenvalue weighted by Gasteiger charge is -2.39. The summed E-state index contributed by atoms with van der Waals surface area (Å²) in [7, 11) is 1.64. The summed E-state index contributed by atoms with van der Waals surface area (Å²) in [6.45, 7) is 9.47. The second-order valence-electron chi connectivity index (χ2n) is 9.76. The van der Waals surface area contributed by atoms with Crippen molar-refractivity contribution in [3.8, 4) is 0 Å². The topological polar surface area (TPSA) is 84.7 Å². The minimum absolute atomic E-state index is 0.257. The number of hydrogen-bond donors (Lipinski definition) is 2. The van der Waals surface area contributed by atoms with E-state index in [2.05, 4.69) is 50.1 Å². The summed E-state index contributed by atoms with van der Waals surface area (Å²) in [5.74, 6) is 1.27. The number of nitrogens with one attached hydrogen (secondary N) is 2. The molecule has 1 saturated carbocycles. The monoisotopic (exact) mass is 409 g/mol. The van der Waals surface area contributed by atoms with Crippen LogP contribution in [0.15, 0.2) is 33.9 Å². The normalized spacial score (nSPS) is 21.1. The van der Waals surface area contributed by atoms with Crippen LogP contribution in [0, 0.1) is 18.3 Å². The van der Waals surface area contributed by atoms with Crippen molar-refractivity contribution in [2.24, 2.45) is 18.4 Å². The van der Waals surface area contributed by atoms with E-state index in [1.54, 1.807) is 7.05 Å². The fraction of sp³-hybridized carbons (Fsp3) is 0.522. The first kappa shape index (κ1) is 20.4. The van der Waals surface area contributed by atoms with E-state index in [1.165, 1.54) is 11.0 Å². The molecule has 0 saturated heterocycles. The SMILES string of the molecule is Cc1cccc(Cn2c(NC3CC(C)CC(C)(C)C3)nc3c2c(=O)[nH]c(=O)n3C)c1. The highest BCUT2D eigenvalue weighted by molar-refractivity contribution is 5.74. The molecule has 3 aromatic rings. The van der Waals surface area contributed by atoms with Gasteiger partial charge in [-0.2, -0.15) is 4.98 Å². The molecule has 1 fully saturated rings. The van der Waals surface area contributed by atoms with E-state index in [4.69, 9.17) is 4.98 Å². The maximum atomic E-state index is 12.7. The first-order valence-electron chi connectivity index (χ1n) is 10.6. The van der Waals surface area contributed by atoms with Gasteiger partial charge in [-0.05, 0) is 43.1 Å². The smallest absolute Gasteiger partial charge is 0.329 e. The van der Waals surface area contributed by atoms with Gasteiger partial charge in [-0.15, -0.1) is 0 Å². The van der Waals surface area contributed by atoms with Crippen molar-refractivity contribution in [3.63, 3.8) is 0 Å². The van der Waals surface area contributed by atoms with Crippen LogP contribution < -0.4 is 16.6 Å². The van der Waals surface area contributed by atoms with Gasteiger partial charge >= 0.3 is 5.69 Å². The van der Waals surface area contributed by atoms with Crippen molar-refractivity contribution in [1.82, 2.24) is 19.1 Å². The molecule has 7 nitrogen and oxygen atoms in total. The number of anilines is 1. The Bertz CT molecular complexity index is 1200. The standard InChI is InChI=1S/C23H31N5O2/c1-14-7-6-8-16(9-14)13-28-18-19(27(5)22(30)26-20(18)29)25-21(28)24-17-10-15(2)11-23(3,4)12-17/h6-9,15,17H,10-13H2,1-5H3,(H,24,25)(H,26,29,30). The molecule has 1 aromatic carbocycles. The van der Waals surface area contributed by atoms with E-state index in [0.717, 1.165) is 24.0 Å². The molecule has 0 spiro atoms. The molecule has 2 aromatic heterocycles. The molecule has 2 unspecified atom stereocenters. The summed E-state index contributed by atoms with van der Waals surface area (Å²) in [4.78, 5) is 32.0. The third-order valence-electron chi connectivity index (χ3n) is 6.15. The molecule has 30 heavy (non-hydrogen) atoms. The highest BCUT2D eigenvalue weighted by atomic mass is 16.2. The van der Waals surface area contributed by atoms with Crippen LogP contribution in [0.25, 0.3) is 11.2 Å². The zero-order chi connectivity index (χ0) is 21.6. The minimum Gasteiger partial charge on any atom is -0.353 e. The van der Waals surface area contributed by atoms with Crippen LogP contribution in [0.5, 0.6) is 0 Å². The fourth-order valence-corrected chi connectivity index (χ4v) is 5.13. The molecule has 0 bridgehead atoms. The summed E-state index contributed by atoms with van der Waals surface area (Å²) in [6.07, 6.45) is 3.31. The molecule has 7 heteroatoms. The number of H-pyrrole nitrogens is 1. The third kappa shape index (κ3) is 3.93. The second kappa shape index (κ2) is 7.45. The molecule has 0 radical (unpaired) electrons. The predicted molar refractivity (Wildman–Crippen MR) is 120 cm³/mol. The van der Waals surface area contributed by atoms with E-state index in [1.807, 2.05) is 16.7 Å². The van der Waals surface area contributed by atoms with Gasteiger partial charge in [-0.1, -0.05) is 50.6 Å². The number of aryl methyl sites for hydroxylation is 2. The van der Waals surface area contributed by atoms with Crippen molar-refractivity contribution in [2.45, 2.75) is 59.5 Å². The van der Waals surface area contributed by atoms with E-state index >= 15 is 0 Å². The van der Waals surface area contributed by atoms with Crippen molar-refractivity contribution >= 4 is 17.1 Å². The van der Waals surface area contributed by atoms with Gasteiger partial charge in [0.1, 0.15) is 0 Å². The van der Waals surface area contributed by atoms with Gasteiger partial charge in [0, 0.05) is 13.1 Å². The maximum absolute atomic E-state index is 12.7. The lowest BCUT2D eigenvalue weighted by Crippen LogP contribution is -2.36. The molecular formula is C23H31N5O2. The third-order valence-corrected chi connectivity index (χ3v) is 6.15. The first-order chi connectivity index (χ1) is 14.1. The van der Waals surface area contributed by atoms with Crippen LogP contribution in [-0.4, -0.2) is 25.1 Å². The van der Waals surface area contributed by atoms with E-state index in [-0.39, 0.29) is 11.5 Å². The number of hydrogen-bond acceptors (Lipinski definition) is 4. The quantitative estimate of drug-likeness (QED) is 0.692. The maximum Gasteiger partial charge on any atom is 0.329 e. The summed E-state index contributed by atoms with van der Waals surface area (Å²) >= 11 is 0. The Balaban J connectivity index is 1.81. The van der Waals surface area contributed by atoms with Crippen molar-refractivity contribution < 1.29 is 0 Å². The highest BCUT2D eigenvalue weighted by Gasteiger charge is 2.33. The van der Waals surface area contributed by atoms with Crippen LogP contribution in [-0.2, 0) is 13.6 Å². The second-order valence-corrected chi connectivity index (χ2v) is 9.76. The molecule has 1 aliphatic rings. The highest BCUT2D eigenvalue weighted by Crippen LogP contribution is 2.39. The number of imidazole rings is 1. The number of fused-ring (bicyclic) bond motifs is 1. The average Bonchev–Trinajstić information content (AvgIpc) is 2.97. The van der Waals surface area contributed by atoms with Gasteiger partial charge in [0.25, 0.3) is 5.56 Å². The number of benzene rings is 1. The minimum atomic E-state index is -0.452. The predicted octanol–water partition coefficient (Wildman–Crippen LogP) is 3.41. The van der Waals surface area contributed by atoms with Gasteiger partial charge in [-0.3, -0.25) is 18.9 Å². The van der Waals surface area contributed by atoms with Crippen LogP contribution in [0.2, 0.25) is 0 Å². The average molecular weight is 410 g/mol. The zero-order valence-corrected chi connectivity index (χ0v) is 18.5. The molecule has 0 amide bonds. The first-order valence-corrected chi connectivity index (χ1v) is 10.6. The molecule has 0 aliphatic heterocycles. The van der Waals surface area contributed by atoms with Crippen LogP contribution in [0.1, 0.15) is 51.2 Å². The van der Waals surface area contributed by atoms with Crippen molar-refractivity contribution in [1.29, 1.82) is 0 Å².